The summed E-state index contributed by atoms with van der Waals surface area (Å²) in [7, 11) is 0. The number of hydrogen-bond acceptors (Lipinski definition) is 5. The summed E-state index contributed by atoms with van der Waals surface area (Å²) in [6.07, 6.45) is 4.74. The molecule has 0 saturated carbocycles. The van der Waals surface area contributed by atoms with Crippen molar-refractivity contribution >= 4 is 34.3 Å². The standard InChI is InChI=1S/C15H9ClN4OS/c1-22-15-18-7-10-13(19-15)9(6-17)8-20(14(10)21)12-5-3-2-4-11(12)16/h2-5,7-8H,1H3. The predicted molar refractivity (Wildman–Crippen MR) is 86.6 cm³/mol. The van der Waals surface area contributed by atoms with Gasteiger partial charge in [0.15, 0.2) is 5.16 Å². The van der Waals surface area contributed by atoms with Crippen LogP contribution in [-0.2, 0) is 0 Å². The Morgan fingerprint density at radius 2 is 2.14 bits per heavy atom. The first-order valence-corrected chi connectivity index (χ1v) is 7.87. The smallest absolute Gasteiger partial charge is 0.266 e. The zero-order valence-corrected chi connectivity index (χ0v) is 13.0. The van der Waals surface area contributed by atoms with Gasteiger partial charge < -0.3 is 0 Å². The summed E-state index contributed by atoms with van der Waals surface area (Å²) in [6, 6.07) is 9.03. The predicted octanol–water partition coefficient (Wildman–Crippen LogP) is 3.03. The molecule has 0 amide bonds. The third-order valence-corrected chi connectivity index (χ3v) is 4.03. The molecule has 0 N–H and O–H groups in total. The Hall–Kier alpha value is -2.36. The minimum Gasteiger partial charge on any atom is -0.281 e. The molecule has 0 radical (unpaired) electrons. The summed E-state index contributed by atoms with van der Waals surface area (Å²) in [6.45, 7) is 0. The first-order chi connectivity index (χ1) is 10.7. The SMILES string of the molecule is CSc1ncc2c(=O)n(-c3ccccc3Cl)cc(C#N)c2n1. The van der Waals surface area contributed by atoms with Crippen molar-refractivity contribution in [1.82, 2.24) is 14.5 Å². The van der Waals surface area contributed by atoms with E-state index in [0.29, 0.717) is 26.9 Å². The van der Waals surface area contributed by atoms with Gasteiger partial charge in [-0.05, 0) is 18.4 Å². The Morgan fingerprint density at radius 3 is 2.82 bits per heavy atom. The molecule has 0 unspecified atom stereocenters. The molecule has 2 heterocycles. The molecular formula is C15H9ClN4OS. The number of nitriles is 1. The van der Waals surface area contributed by atoms with E-state index < -0.39 is 0 Å². The van der Waals surface area contributed by atoms with Gasteiger partial charge in [-0.3, -0.25) is 9.36 Å². The average Bonchev–Trinajstić information content (AvgIpc) is 2.56. The molecule has 0 spiro atoms. The zero-order chi connectivity index (χ0) is 15.7. The van der Waals surface area contributed by atoms with Gasteiger partial charge in [0.05, 0.1) is 27.2 Å². The molecule has 0 saturated heterocycles. The quantitative estimate of drug-likeness (QED) is 0.534. The monoisotopic (exact) mass is 328 g/mol. The van der Waals surface area contributed by atoms with Crippen LogP contribution in [0, 0.1) is 11.3 Å². The second kappa shape index (κ2) is 5.79. The number of aromatic nitrogens is 3. The van der Waals surface area contributed by atoms with Crippen molar-refractivity contribution in [3.8, 4) is 11.8 Å². The number of pyridine rings is 1. The first-order valence-electron chi connectivity index (χ1n) is 6.27. The van der Waals surface area contributed by atoms with Crippen LogP contribution in [0.4, 0.5) is 0 Å². The number of hydrogen-bond donors (Lipinski definition) is 0. The zero-order valence-electron chi connectivity index (χ0n) is 11.4. The van der Waals surface area contributed by atoms with Gasteiger partial charge in [-0.1, -0.05) is 35.5 Å². The van der Waals surface area contributed by atoms with Gasteiger partial charge in [0, 0.05) is 12.4 Å². The van der Waals surface area contributed by atoms with Crippen LogP contribution in [0.15, 0.2) is 46.6 Å². The minimum absolute atomic E-state index is 0.289. The third-order valence-electron chi connectivity index (χ3n) is 3.14. The Balaban J connectivity index is 2.40. The largest absolute Gasteiger partial charge is 0.281 e. The Labute approximate surface area is 135 Å². The number of benzene rings is 1. The molecule has 108 valence electrons. The minimum atomic E-state index is -0.310. The van der Waals surface area contributed by atoms with Gasteiger partial charge in [-0.15, -0.1) is 0 Å². The maximum atomic E-state index is 12.7. The van der Waals surface area contributed by atoms with Crippen molar-refractivity contribution in [3.05, 3.63) is 57.6 Å². The Kier molecular flexibility index (Phi) is 3.84. The summed E-state index contributed by atoms with van der Waals surface area (Å²) in [5.74, 6) is 0. The van der Waals surface area contributed by atoms with Crippen LogP contribution in [0.1, 0.15) is 5.56 Å². The van der Waals surface area contributed by atoms with Gasteiger partial charge in [-0.2, -0.15) is 5.26 Å². The van der Waals surface area contributed by atoms with Crippen LogP contribution >= 0.6 is 23.4 Å². The summed E-state index contributed by atoms with van der Waals surface area (Å²) in [4.78, 5) is 21.0. The fourth-order valence-corrected chi connectivity index (χ4v) is 2.68. The topological polar surface area (TPSA) is 71.6 Å². The normalized spacial score (nSPS) is 10.6. The molecule has 0 fully saturated rings. The van der Waals surface area contributed by atoms with Crippen molar-refractivity contribution in [2.24, 2.45) is 0 Å². The number of halogens is 1. The second-order valence-corrected chi connectivity index (χ2v) is 5.58. The van der Waals surface area contributed by atoms with Gasteiger partial charge in [0.2, 0.25) is 0 Å². The molecule has 3 rings (SSSR count). The number of fused-ring (bicyclic) bond motifs is 1. The fourth-order valence-electron chi connectivity index (χ4n) is 2.11. The maximum absolute atomic E-state index is 12.7. The van der Waals surface area contributed by atoms with Crippen molar-refractivity contribution in [2.45, 2.75) is 5.16 Å². The summed E-state index contributed by atoms with van der Waals surface area (Å²) < 4.78 is 1.35. The van der Waals surface area contributed by atoms with Crippen molar-refractivity contribution in [1.29, 1.82) is 5.26 Å². The molecule has 3 aromatic rings. The average molecular weight is 329 g/mol. The van der Waals surface area contributed by atoms with Crippen molar-refractivity contribution < 1.29 is 0 Å². The molecule has 2 aromatic heterocycles. The summed E-state index contributed by atoms with van der Waals surface area (Å²) in [5, 5.41) is 10.6. The fraction of sp³-hybridized carbons (Fsp3) is 0.0667. The Morgan fingerprint density at radius 1 is 1.36 bits per heavy atom. The molecule has 5 nitrogen and oxygen atoms in total. The molecular weight excluding hydrogens is 320 g/mol. The van der Waals surface area contributed by atoms with Crippen molar-refractivity contribution in [2.75, 3.05) is 6.26 Å². The van der Waals surface area contributed by atoms with Gasteiger partial charge in [-0.25, -0.2) is 9.97 Å². The van der Waals surface area contributed by atoms with Gasteiger partial charge >= 0.3 is 0 Å². The van der Waals surface area contributed by atoms with E-state index in [1.165, 1.54) is 28.7 Å². The molecule has 1 aromatic carbocycles. The summed E-state index contributed by atoms with van der Waals surface area (Å²) in [5.41, 5.74) is 0.860. The lowest BCUT2D eigenvalue weighted by molar-refractivity contribution is 0.965. The van der Waals surface area contributed by atoms with Crippen LogP contribution in [0.3, 0.4) is 0 Å². The van der Waals surface area contributed by atoms with E-state index in [-0.39, 0.29) is 10.9 Å². The maximum Gasteiger partial charge on any atom is 0.266 e. The van der Waals surface area contributed by atoms with E-state index in [1.807, 2.05) is 6.26 Å². The van der Waals surface area contributed by atoms with E-state index in [2.05, 4.69) is 16.0 Å². The lowest BCUT2D eigenvalue weighted by Gasteiger charge is -2.10. The molecule has 0 aliphatic carbocycles. The van der Waals surface area contributed by atoms with Crippen LogP contribution in [0.2, 0.25) is 5.02 Å². The number of rotatable bonds is 2. The molecule has 0 bridgehead atoms. The highest BCUT2D eigenvalue weighted by atomic mass is 35.5. The molecule has 0 atom stereocenters. The van der Waals surface area contributed by atoms with Crippen LogP contribution in [0.5, 0.6) is 0 Å². The highest BCUT2D eigenvalue weighted by Gasteiger charge is 2.14. The lowest BCUT2D eigenvalue weighted by Crippen LogP contribution is -2.20. The van der Waals surface area contributed by atoms with Crippen LogP contribution in [0.25, 0.3) is 16.6 Å². The lowest BCUT2D eigenvalue weighted by atomic mass is 10.2. The van der Waals surface area contributed by atoms with E-state index in [0.717, 1.165) is 0 Å². The molecule has 7 heteroatoms. The third kappa shape index (κ3) is 2.34. The van der Waals surface area contributed by atoms with E-state index in [9.17, 15) is 10.1 Å². The highest BCUT2D eigenvalue weighted by molar-refractivity contribution is 7.98. The summed E-state index contributed by atoms with van der Waals surface area (Å²) >= 11 is 7.50. The first kappa shape index (κ1) is 14.6. The van der Waals surface area contributed by atoms with Crippen LogP contribution in [-0.4, -0.2) is 20.8 Å². The molecule has 0 aliphatic rings. The number of thioether (sulfide) groups is 1. The number of para-hydroxylation sites is 1. The van der Waals surface area contributed by atoms with E-state index >= 15 is 0 Å². The molecule has 0 aliphatic heterocycles. The van der Waals surface area contributed by atoms with Gasteiger partial charge in [0.25, 0.3) is 5.56 Å². The van der Waals surface area contributed by atoms with Crippen molar-refractivity contribution in [3.63, 3.8) is 0 Å². The van der Waals surface area contributed by atoms with Gasteiger partial charge in [0.1, 0.15) is 6.07 Å². The van der Waals surface area contributed by atoms with E-state index in [1.54, 1.807) is 24.3 Å². The Bertz CT molecular complexity index is 977. The molecule has 22 heavy (non-hydrogen) atoms. The highest BCUT2D eigenvalue weighted by Crippen LogP contribution is 2.21. The van der Waals surface area contributed by atoms with Crippen LogP contribution < -0.4 is 5.56 Å². The second-order valence-electron chi connectivity index (χ2n) is 4.40. The number of nitrogens with zero attached hydrogens (tertiary/aromatic N) is 4. The van der Waals surface area contributed by atoms with E-state index in [4.69, 9.17) is 11.6 Å².